The minimum atomic E-state index is -2.99. The van der Waals surface area contributed by atoms with Crippen LogP contribution in [-0.2, 0) is 21.2 Å². The Balaban J connectivity index is 0.00000392. The van der Waals surface area contributed by atoms with E-state index in [-0.39, 0.29) is 53.9 Å². The number of para-hydroxylation sites is 1. The Morgan fingerprint density at radius 3 is 2.68 bits per heavy atom. The van der Waals surface area contributed by atoms with Crippen LogP contribution in [0.5, 0.6) is 5.75 Å². The first-order chi connectivity index (χ1) is 12.9. The Morgan fingerprint density at radius 1 is 1.29 bits per heavy atom. The minimum Gasteiger partial charge on any atom is -0.496 e. The summed E-state index contributed by atoms with van der Waals surface area (Å²) in [6, 6.07) is 7.41. The van der Waals surface area contributed by atoms with Gasteiger partial charge in [-0.25, -0.2) is 13.4 Å². The molecule has 1 aromatic carbocycles. The molecule has 1 heterocycles. The second-order valence-electron chi connectivity index (χ2n) is 6.35. The third-order valence-electron chi connectivity index (χ3n) is 4.19. The molecule has 0 aliphatic carbocycles. The number of hydrogen-bond donors (Lipinski definition) is 3. The third kappa shape index (κ3) is 8.21. The number of amides is 1. The van der Waals surface area contributed by atoms with Crippen LogP contribution >= 0.6 is 24.0 Å². The monoisotopic (exact) mass is 524 g/mol. The van der Waals surface area contributed by atoms with Crippen molar-refractivity contribution in [3.8, 4) is 5.75 Å². The maximum atomic E-state index is 12.0. The molecule has 0 radical (unpaired) electrons. The summed E-state index contributed by atoms with van der Waals surface area (Å²) in [5.41, 5.74) is 0.970. The summed E-state index contributed by atoms with van der Waals surface area (Å²) in [4.78, 5) is 16.5. The highest BCUT2D eigenvalue weighted by atomic mass is 127. The van der Waals surface area contributed by atoms with Crippen LogP contribution in [0.25, 0.3) is 0 Å². The molecule has 10 heteroatoms. The van der Waals surface area contributed by atoms with E-state index in [9.17, 15) is 13.2 Å². The van der Waals surface area contributed by atoms with Crippen LogP contribution in [0.3, 0.4) is 0 Å². The van der Waals surface area contributed by atoms with Gasteiger partial charge in [-0.2, -0.15) is 0 Å². The Morgan fingerprint density at radius 2 is 2.04 bits per heavy atom. The van der Waals surface area contributed by atoms with Crippen molar-refractivity contribution in [2.24, 2.45) is 4.99 Å². The Bertz CT molecular complexity index is 771. The number of rotatable bonds is 8. The van der Waals surface area contributed by atoms with Gasteiger partial charge in [0.1, 0.15) is 5.75 Å². The standard InChI is InChI=1S/C18H28N4O4S.HI/c1-3-19-18(21-12-14-6-4-5-7-16(14)26-2)20-10-8-17(23)22-15-9-11-27(24,25)13-15;/h4-7,15H,3,8-13H2,1-2H3,(H,22,23)(H2,19,20,21);1H. The fraction of sp³-hybridized carbons (Fsp3) is 0.556. The average Bonchev–Trinajstić information content (AvgIpc) is 2.98. The number of halogens is 1. The van der Waals surface area contributed by atoms with E-state index in [4.69, 9.17) is 4.74 Å². The number of nitrogens with zero attached hydrogens (tertiary/aromatic N) is 1. The summed E-state index contributed by atoms with van der Waals surface area (Å²) in [6.07, 6.45) is 0.736. The first-order valence-corrected chi connectivity index (χ1v) is 10.9. The van der Waals surface area contributed by atoms with Crippen molar-refractivity contribution in [1.82, 2.24) is 16.0 Å². The molecule has 3 N–H and O–H groups in total. The maximum absolute atomic E-state index is 12.0. The molecule has 2 rings (SSSR count). The van der Waals surface area contributed by atoms with Gasteiger partial charge < -0.3 is 20.7 Å². The Labute approximate surface area is 183 Å². The van der Waals surface area contributed by atoms with E-state index in [1.807, 2.05) is 31.2 Å². The van der Waals surface area contributed by atoms with E-state index >= 15 is 0 Å². The lowest BCUT2D eigenvalue weighted by Gasteiger charge is -2.13. The number of nitrogens with one attached hydrogen (secondary N) is 3. The van der Waals surface area contributed by atoms with Crippen LogP contribution in [-0.4, -0.2) is 58.0 Å². The molecule has 0 saturated carbocycles. The van der Waals surface area contributed by atoms with Crippen LogP contribution in [0.4, 0.5) is 0 Å². The number of benzene rings is 1. The summed E-state index contributed by atoms with van der Waals surface area (Å²) in [5.74, 6) is 1.42. The zero-order valence-corrected chi connectivity index (χ0v) is 19.4. The second-order valence-corrected chi connectivity index (χ2v) is 8.58. The lowest BCUT2D eigenvalue weighted by atomic mass is 10.2. The number of hydrogen-bond acceptors (Lipinski definition) is 5. The van der Waals surface area contributed by atoms with E-state index in [0.717, 1.165) is 11.3 Å². The molecule has 0 aromatic heterocycles. The van der Waals surface area contributed by atoms with Crippen molar-refractivity contribution in [2.45, 2.75) is 32.4 Å². The van der Waals surface area contributed by atoms with Gasteiger partial charge in [-0.15, -0.1) is 24.0 Å². The first-order valence-electron chi connectivity index (χ1n) is 9.07. The molecule has 1 atom stereocenters. The minimum absolute atomic E-state index is 0. The largest absolute Gasteiger partial charge is 0.496 e. The lowest BCUT2D eigenvalue weighted by Crippen LogP contribution is -2.41. The molecular formula is C18H29IN4O4S. The quantitative estimate of drug-likeness (QED) is 0.267. The summed E-state index contributed by atoms with van der Waals surface area (Å²) >= 11 is 0. The van der Waals surface area contributed by atoms with E-state index < -0.39 is 9.84 Å². The molecule has 8 nitrogen and oxygen atoms in total. The van der Waals surface area contributed by atoms with Crippen molar-refractivity contribution >= 4 is 45.7 Å². The van der Waals surface area contributed by atoms with Gasteiger partial charge in [-0.3, -0.25) is 4.79 Å². The highest BCUT2D eigenvalue weighted by Crippen LogP contribution is 2.17. The molecule has 1 aromatic rings. The van der Waals surface area contributed by atoms with E-state index in [0.29, 0.717) is 32.0 Å². The van der Waals surface area contributed by atoms with Crippen LogP contribution < -0.4 is 20.7 Å². The van der Waals surface area contributed by atoms with Crippen LogP contribution in [0.1, 0.15) is 25.3 Å². The highest BCUT2D eigenvalue weighted by Gasteiger charge is 2.28. The molecule has 1 aliphatic rings. The topological polar surface area (TPSA) is 109 Å². The molecule has 28 heavy (non-hydrogen) atoms. The molecular weight excluding hydrogens is 495 g/mol. The molecule has 0 bridgehead atoms. The van der Waals surface area contributed by atoms with Crippen LogP contribution in [0.15, 0.2) is 29.3 Å². The molecule has 1 unspecified atom stereocenters. The van der Waals surface area contributed by atoms with Gasteiger partial charge in [0, 0.05) is 31.1 Å². The SMILES string of the molecule is CCNC(=NCc1ccccc1OC)NCCC(=O)NC1CCS(=O)(=O)C1.I. The predicted octanol–water partition coefficient (Wildman–Crippen LogP) is 1.06. The normalized spacial score (nSPS) is 18.1. The zero-order valence-electron chi connectivity index (χ0n) is 16.2. The highest BCUT2D eigenvalue weighted by molar-refractivity contribution is 14.0. The Kier molecular flexibility index (Phi) is 10.6. The maximum Gasteiger partial charge on any atom is 0.222 e. The van der Waals surface area contributed by atoms with Crippen molar-refractivity contribution < 1.29 is 17.9 Å². The van der Waals surface area contributed by atoms with Gasteiger partial charge in [-0.1, -0.05) is 18.2 Å². The van der Waals surface area contributed by atoms with Gasteiger partial charge in [0.2, 0.25) is 5.91 Å². The van der Waals surface area contributed by atoms with Crippen molar-refractivity contribution in [3.05, 3.63) is 29.8 Å². The number of sulfone groups is 1. The van der Waals surface area contributed by atoms with Gasteiger partial charge >= 0.3 is 0 Å². The average molecular weight is 524 g/mol. The smallest absolute Gasteiger partial charge is 0.222 e. The predicted molar refractivity (Wildman–Crippen MR) is 121 cm³/mol. The number of methoxy groups -OCH3 is 1. The van der Waals surface area contributed by atoms with E-state index in [2.05, 4.69) is 20.9 Å². The molecule has 1 aliphatic heterocycles. The Hall–Kier alpha value is -1.56. The van der Waals surface area contributed by atoms with Crippen molar-refractivity contribution in [2.75, 3.05) is 31.7 Å². The second kappa shape index (κ2) is 12.1. The van der Waals surface area contributed by atoms with Crippen molar-refractivity contribution in [1.29, 1.82) is 0 Å². The molecule has 1 amide bonds. The van der Waals surface area contributed by atoms with E-state index in [1.54, 1.807) is 7.11 Å². The van der Waals surface area contributed by atoms with E-state index in [1.165, 1.54) is 0 Å². The summed E-state index contributed by atoms with van der Waals surface area (Å²) < 4.78 is 28.2. The summed E-state index contributed by atoms with van der Waals surface area (Å²) in [6.45, 7) is 3.52. The van der Waals surface area contributed by atoms with Gasteiger partial charge in [0.05, 0.1) is 25.2 Å². The number of ether oxygens (including phenoxy) is 1. The zero-order chi connectivity index (χ0) is 19.7. The van der Waals surface area contributed by atoms with Crippen LogP contribution in [0.2, 0.25) is 0 Å². The summed E-state index contributed by atoms with van der Waals surface area (Å²) in [7, 11) is -1.37. The number of aliphatic imine (C=N–C) groups is 1. The molecule has 1 fully saturated rings. The van der Waals surface area contributed by atoms with Crippen molar-refractivity contribution in [3.63, 3.8) is 0 Å². The van der Waals surface area contributed by atoms with Crippen LogP contribution in [0, 0.1) is 0 Å². The third-order valence-corrected chi connectivity index (χ3v) is 5.95. The van der Waals surface area contributed by atoms with Gasteiger partial charge in [0.15, 0.2) is 15.8 Å². The fourth-order valence-electron chi connectivity index (χ4n) is 2.84. The molecule has 0 spiro atoms. The summed E-state index contributed by atoms with van der Waals surface area (Å²) in [5, 5.41) is 9.03. The number of carbonyl (C=O) groups is 1. The van der Waals surface area contributed by atoms with Gasteiger partial charge in [-0.05, 0) is 19.4 Å². The first kappa shape index (κ1) is 24.5. The molecule has 158 valence electrons. The van der Waals surface area contributed by atoms with Gasteiger partial charge in [0.25, 0.3) is 0 Å². The fourth-order valence-corrected chi connectivity index (χ4v) is 4.52. The number of guanidine groups is 1. The number of carbonyl (C=O) groups excluding carboxylic acids is 1. The molecule has 1 saturated heterocycles. The lowest BCUT2D eigenvalue weighted by molar-refractivity contribution is -0.121.